The van der Waals surface area contributed by atoms with E-state index in [-0.39, 0.29) is 22.9 Å². The van der Waals surface area contributed by atoms with Gasteiger partial charge in [0.25, 0.3) is 0 Å². The fraction of sp³-hybridized carbons (Fsp3) is 0.242. The Morgan fingerprint density at radius 1 is 0.569 bits per heavy atom. The number of rotatable bonds is 5. The van der Waals surface area contributed by atoms with Crippen LogP contribution in [-0.4, -0.2) is 5.84 Å². The first-order chi connectivity index (χ1) is 31.9. The van der Waals surface area contributed by atoms with Crippen LogP contribution in [0.5, 0.6) is 0 Å². The Hall–Kier alpha value is -6.71. The quantitative estimate of drug-likeness (QED) is 0.187. The molecule has 1 spiro atoms. The summed E-state index contributed by atoms with van der Waals surface area (Å²) in [6, 6.07) is 55.1. The molecule has 2 unspecified atom stereocenters. The van der Waals surface area contributed by atoms with E-state index in [1.54, 1.807) is 16.7 Å². The van der Waals surface area contributed by atoms with Crippen molar-refractivity contribution in [2.45, 2.75) is 88.1 Å². The molecular weight excluding hydrogens is 789 g/mol. The molecule has 65 heavy (non-hydrogen) atoms. The monoisotopic (exact) mass is 840 g/mol. The van der Waals surface area contributed by atoms with Crippen molar-refractivity contribution in [2.24, 2.45) is 10.9 Å². The molecule has 2 bridgehead atoms. The minimum atomic E-state index is -0.0794. The summed E-state index contributed by atoms with van der Waals surface area (Å²) in [5, 5.41) is 6.30. The molecule has 0 amide bonds. The molecule has 2 heterocycles. The summed E-state index contributed by atoms with van der Waals surface area (Å²) < 4.78 is 6.91. The summed E-state index contributed by atoms with van der Waals surface area (Å²) in [5.74, 6) is 1.59. The van der Waals surface area contributed by atoms with Crippen LogP contribution in [-0.2, 0) is 10.8 Å². The number of aliphatic imine (C=N–C) groups is 1. The number of fused-ring (bicyclic) bond motifs is 12. The lowest BCUT2D eigenvalue weighted by Gasteiger charge is -2.39. The first-order valence-corrected chi connectivity index (χ1v) is 24.2. The first kappa shape index (κ1) is 37.6. The van der Waals surface area contributed by atoms with Gasteiger partial charge in [-0.25, -0.2) is 0 Å². The van der Waals surface area contributed by atoms with Crippen molar-refractivity contribution in [2.75, 3.05) is 0 Å². The molecule has 316 valence electrons. The highest BCUT2D eigenvalue weighted by atomic mass is 16.3. The molecule has 8 aromatic rings. The molecule has 2 atom stereocenters. The maximum Gasteiger partial charge on any atom is 0.140 e. The first-order valence-electron chi connectivity index (χ1n) is 24.2. The largest absolute Gasteiger partial charge is 0.456 e. The highest BCUT2D eigenvalue weighted by Crippen LogP contribution is 2.60. The number of amidine groups is 1. The molecule has 1 N–H and O–H groups in total. The van der Waals surface area contributed by atoms with Gasteiger partial charge in [-0.1, -0.05) is 166 Å². The average Bonchev–Trinajstić information content (AvgIpc) is 3.93. The van der Waals surface area contributed by atoms with Crippen molar-refractivity contribution in [3.05, 3.63) is 202 Å². The van der Waals surface area contributed by atoms with Crippen molar-refractivity contribution < 1.29 is 4.42 Å². The molecule has 7 aliphatic rings. The predicted molar refractivity (Wildman–Crippen MR) is 267 cm³/mol. The highest BCUT2D eigenvalue weighted by molar-refractivity contribution is 6.08. The molecule has 2 saturated carbocycles. The number of para-hydroxylation sites is 1. The third-order valence-electron chi connectivity index (χ3n) is 16.7. The Morgan fingerprint density at radius 2 is 1.29 bits per heavy atom. The molecule has 0 saturated heterocycles. The number of nitrogens with zero attached hydrogens (tertiary/aromatic N) is 1. The van der Waals surface area contributed by atoms with Crippen molar-refractivity contribution in [1.82, 2.24) is 5.32 Å². The van der Waals surface area contributed by atoms with Gasteiger partial charge in [0.2, 0.25) is 0 Å². The van der Waals surface area contributed by atoms with E-state index in [1.807, 2.05) is 0 Å². The second-order valence-electron chi connectivity index (χ2n) is 20.5. The van der Waals surface area contributed by atoms with Gasteiger partial charge in [-0.15, -0.1) is 0 Å². The normalized spacial score (nSPS) is 20.9. The van der Waals surface area contributed by atoms with Crippen LogP contribution in [0.2, 0.25) is 0 Å². The van der Waals surface area contributed by atoms with Crippen LogP contribution in [0.1, 0.15) is 111 Å². The van der Waals surface area contributed by atoms with Crippen molar-refractivity contribution >= 4 is 27.8 Å². The Balaban J connectivity index is 0.833. The summed E-state index contributed by atoms with van der Waals surface area (Å²) in [4.78, 5) is 5.47. The van der Waals surface area contributed by atoms with E-state index >= 15 is 0 Å². The van der Waals surface area contributed by atoms with Crippen molar-refractivity contribution in [1.29, 1.82) is 0 Å². The van der Waals surface area contributed by atoms with Gasteiger partial charge < -0.3 is 9.73 Å². The van der Waals surface area contributed by atoms with Gasteiger partial charge in [0.1, 0.15) is 17.0 Å². The zero-order valence-corrected chi connectivity index (χ0v) is 37.3. The maximum atomic E-state index is 6.91. The number of allylic oxidation sites excluding steroid dienone is 3. The highest BCUT2D eigenvalue weighted by Gasteiger charge is 2.46. The predicted octanol–water partition coefficient (Wildman–Crippen LogP) is 15.9. The number of hydrogen-bond donors (Lipinski definition) is 1. The SMILES string of the molecule is CC1(C)c2ccc(-c3ccc4oc5c(C6CC(c7ccc(-c8ccccc8)cc7)N=C(C7=CC=C8CC7C8)N6)cccc5c4c3)cc2-c2cc3c(cc21)-c1ccccc1C31CCCCC1. The average molecular weight is 841 g/mol. The summed E-state index contributed by atoms with van der Waals surface area (Å²) in [5.41, 5.74) is 24.0. The van der Waals surface area contributed by atoms with Gasteiger partial charge >= 0.3 is 0 Å². The van der Waals surface area contributed by atoms with E-state index in [9.17, 15) is 0 Å². The lowest BCUT2D eigenvalue weighted by molar-refractivity contribution is 0.353. The van der Waals surface area contributed by atoms with E-state index in [4.69, 9.17) is 9.41 Å². The van der Waals surface area contributed by atoms with E-state index in [1.165, 1.54) is 104 Å². The van der Waals surface area contributed by atoms with Gasteiger partial charge in [-0.05, 0) is 146 Å². The van der Waals surface area contributed by atoms with Gasteiger partial charge in [0.15, 0.2) is 0 Å². The number of benzene rings is 7. The van der Waals surface area contributed by atoms with Crippen LogP contribution >= 0.6 is 0 Å². The fourth-order valence-corrected chi connectivity index (χ4v) is 13.2. The standard InChI is InChI=1S/C62H52N2O/c1-61(2)52-26-23-41(32-48(52)50-35-55-49(34-54(50)61)45-14-7-8-17-53(45)62(55)28-9-4-10-29-62)42-24-27-58-51(33-42)46-15-11-16-47(59(46)65-58)57-36-56(63-60(64-57)44-25-18-37-30-43(44)31-37)40-21-19-39(20-22-40)38-12-5-3-6-13-38/h3,5-8,11-27,32-35,43,56-57H,4,9-10,28-31,36H2,1-2H3,(H,63,64). The molecule has 15 rings (SSSR count). The molecule has 0 radical (unpaired) electrons. The molecule has 3 nitrogen and oxygen atoms in total. The summed E-state index contributed by atoms with van der Waals surface area (Å²) >= 11 is 0. The van der Waals surface area contributed by atoms with Crippen LogP contribution in [0.15, 0.2) is 178 Å². The van der Waals surface area contributed by atoms with Gasteiger partial charge in [0.05, 0.1) is 12.1 Å². The molecular formula is C62H52N2O. The van der Waals surface area contributed by atoms with Crippen LogP contribution in [0, 0.1) is 5.92 Å². The van der Waals surface area contributed by atoms with Gasteiger partial charge in [-0.2, -0.15) is 0 Å². The van der Waals surface area contributed by atoms with Crippen LogP contribution in [0.3, 0.4) is 0 Å². The van der Waals surface area contributed by atoms with Crippen LogP contribution in [0.25, 0.3) is 66.4 Å². The second kappa shape index (κ2) is 13.9. The number of hydrogen-bond acceptors (Lipinski definition) is 3. The minimum Gasteiger partial charge on any atom is -0.456 e. The topological polar surface area (TPSA) is 37.5 Å². The third kappa shape index (κ3) is 5.57. The number of furan rings is 1. The zero-order valence-electron chi connectivity index (χ0n) is 37.3. The van der Waals surface area contributed by atoms with Crippen LogP contribution in [0.4, 0.5) is 0 Å². The van der Waals surface area contributed by atoms with Crippen LogP contribution < -0.4 is 5.32 Å². The van der Waals surface area contributed by atoms with Crippen molar-refractivity contribution in [3.63, 3.8) is 0 Å². The lowest BCUT2D eigenvalue weighted by atomic mass is 9.67. The molecule has 1 aliphatic heterocycles. The Kier molecular flexibility index (Phi) is 8.05. The van der Waals surface area contributed by atoms with E-state index < -0.39 is 0 Å². The maximum absolute atomic E-state index is 6.91. The van der Waals surface area contributed by atoms with Gasteiger partial charge in [0, 0.05) is 27.2 Å². The van der Waals surface area contributed by atoms with E-state index in [0.29, 0.717) is 5.92 Å². The summed E-state index contributed by atoms with van der Waals surface area (Å²) in [7, 11) is 0. The molecule has 2 fully saturated rings. The summed E-state index contributed by atoms with van der Waals surface area (Å²) in [6.45, 7) is 4.85. The second-order valence-corrected chi connectivity index (χ2v) is 20.5. The Bertz CT molecular complexity index is 3380. The third-order valence-corrected chi connectivity index (χ3v) is 16.7. The minimum absolute atomic E-state index is 0.0261. The smallest absolute Gasteiger partial charge is 0.140 e. The zero-order chi connectivity index (χ0) is 43.0. The molecule has 6 aliphatic carbocycles. The fourth-order valence-electron chi connectivity index (χ4n) is 13.2. The molecule has 1 aromatic heterocycles. The van der Waals surface area contributed by atoms with Gasteiger partial charge in [-0.3, -0.25) is 4.99 Å². The molecule has 7 aromatic carbocycles. The summed E-state index contributed by atoms with van der Waals surface area (Å²) in [6.07, 6.45) is 14.2. The van der Waals surface area contributed by atoms with E-state index in [0.717, 1.165) is 47.0 Å². The Morgan fingerprint density at radius 3 is 2.12 bits per heavy atom. The Labute approximate surface area is 381 Å². The lowest BCUT2D eigenvalue weighted by Crippen LogP contribution is -2.39. The van der Waals surface area contributed by atoms with E-state index in [2.05, 4.69) is 177 Å². The van der Waals surface area contributed by atoms with Crippen molar-refractivity contribution in [3.8, 4) is 44.5 Å². The number of nitrogens with one attached hydrogen (secondary N) is 1. The molecule has 3 heteroatoms.